The number of hydrogen-bond donors (Lipinski definition) is 1. The van der Waals surface area contributed by atoms with Crippen molar-refractivity contribution in [1.82, 2.24) is 9.78 Å². The van der Waals surface area contributed by atoms with Crippen LogP contribution in [0.4, 0.5) is 17.6 Å². The predicted molar refractivity (Wildman–Crippen MR) is 79.3 cm³/mol. The smallest absolute Gasteiger partial charge is 0.416 e. The second-order valence-corrected chi connectivity index (χ2v) is 5.10. The number of aromatic carboxylic acids is 1. The normalized spacial score (nSPS) is 11.7. The first kappa shape index (κ1) is 16.6. The Morgan fingerprint density at radius 2 is 1.72 bits per heavy atom. The van der Waals surface area contributed by atoms with Crippen LogP contribution >= 0.6 is 0 Å². The van der Waals surface area contributed by atoms with E-state index >= 15 is 0 Å². The number of fused-ring (bicyclic) bond motifs is 1. The molecule has 0 atom stereocenters. The van der Waals surface area contributed by atoms with E-state index in [2.05, 4.69) is 5.10 Å². The minimum Gasteiger partial charge on any atom is -0.476 e. The Labute approximate surface area is 136 Å². The highest BCUT2D eigenvalue weighted by Crippen LogP contribution is 2.29. The molecule has 9 heteroatoms. The van der Waals surface area contributed by atoms with Gasteiger partial charge < -0.3 is 5.11 Å². The number of alkyl halides is 3. The molecule has 1 N–H and O–H groups in total. The molecule has 0 radical (unpaired) electrons. The van der Waals surface area contributed by atoms with Crippen molar-refractivity contribution in [3.63, 3.8) is 0 Å². The molecule has 3 rings (SSSR count). The first-order chi connectivity index (χ1) is 11.7. The Balaban J connectivity index is 2.31. The van der Waals surface area contributed by atoms with Crippen LogP contribution in [0.15, 0.2) is 47.3 Å². The van der Waals surface area contributed by atoms with Gasteiger partial charge in [0, 0.05) is 6.07 Å². The van der Waals surface area contributed by atoms with Crippen LogP contribution in [0.1, 0.15) is 16.1 Å². The number of hydrogen-bond acceptors (Lipinski definition) is 3. The number of benzene rings is 2. The minimum atomic E-state index is -4.55. The van der Waals surface area contributed by atoms with Crippen molar-refractivity contribution in [2.24, 2.45) is 0 Å². The van der Waals surface area contributed by atoms with E-state index < -0.39 is 34.6 Å². The lowest BCUT2D eigenvalue weighted by Gasteiger charge is -2.12. The van der Waals surface area contributed by atoms with Crippen molar-refractivity contribution >= 4 is 16.9 Å². The zero-order chi connectivity index (χ0) is 18.4. The van der Waals surface area contributed by atoms with Gasteiger partial charge in [0.2, 0.25) is 11.1 Å². The molecule has 3 aromatic rings. The van der Waals surface area contributed by atoms with Gasteiger partial charge in [-0.25, -0.2) is 13.9 Å². The maximum absolute atomic E-state index is 13.5. The van der Waals surface area contributed by atoms with Gasteiger partial charge in [-0.1, -0.05) is 0 Å². The number of aromatic nitrogens is 2. The van der Waals surface area contributed by atoms with Crippen molar-refractivity contribution in [2.75, 3.05) is 0 Å². The Bertz CT molecular complexity index is 1040. The van der Waals surface area contributed by atoms with Crippen molar-refractivity contribution in [3.8, 4) is 5.69 Å². The summed E-state index contributed by atoms with van der Waals surface area (Å²) in [6, 6.07) is 6.69. The molecule has 0 saturated carbocycles. The summed E-state index contributed by atoms with van der Waals surface area (Å²) < 4.78 is 52.4. The van der Waals surface area contributed by atoms with Gasteiger partial charge in [-0.2, -0.15) is 18.3 Å². The van der Waals surface area contributed by atoms with E-state index in [1.165, 1.54) is 0 Å². The minimum absolute atomic E-state index is 0.0473. The van der Waals surface area contributed by atoms with Gasteiger partial charge in [-0.3, -0.25) is 4.79 Å². The summed E-state index contributed by atoms with van der Waals surface area (Å²) in [6.07, 6.45) is -4.55. The number of carboxylic acids is 1. The molecule has 0 unspecified atom stereocenters. The van der Waals surface area contributed by atoms with Crippen LogP contribution in [0.3, 0.4) is 0 Å². The summed E-state index contributed by atoms with van der Waals surface area (Å²) >= 11 is 0. The van der Waals surface area contributed by atoms with Crippen LogP contribution < -0.4 is 5.43 Å². The molecule has 0 spiro atoms. The molecule has 0 amide bonds. The van der Waals surface area contributed by atoms with E-state index in [-0.39, 0.29) is 16.6 Å². The predicted octanol–water partition coefficient (Wildman–Crippen LogP) is 3.24. The summed E-state index contributed by atoms with van der Waals surface area (Å²) in [5, 5.41) is 12.6. The molecular weight excluding hydrogens is 344 g/mol. The Morgan fingerprint density at radius 1 is 1.08 bits per heavy atom. The highest BCUT2D eigenvalue weighted by molar-refractivity contribution is 5.90. The summed E-state index contributed by atoms with van der Waals surface area (Å²) in [5.74, 6) is -2.31. The van der Waals surface area contributed by atoms with Crippen LogP contribution in [-0.4, -0.2) is 20.9 Å². The van der Waals surface area contributed by atoms with Gasteiger partial charge in [0.1, 0.15) is 5.82 Å². The standard InChI is InChI=1S/C16H8F4N2O3/c17-9-3-6-11-12(7-9)22(21-13(14(11)23)15(24)25)10-4-1-8(2-5-10)16(18,19)20/h1-7H,(H,24,25). The number of carbonyl (C=O) groups is 1. The lowest BCUT2D eigenvalue weighted by Crippen LogP contribution is -2.22. The molecule has 0 fully saturated rings. The van der Waals surface area contributed by atoms with Gasteiger partial charge in [-0.05, 0) is 36.4 Å². The van der Waals surface area contributed by atoms with E-state index in [1.807, 2.05) is 0 Å². The topological polar surface area (TPSA) is 72.2 Å². The number of halogens is 4. The highest BCUT2D eigenvalue weighted by Gasteiger charge is 2.30. The van der Waals surface area contributed by atoms with E-state index in [1.54, 1.807) is 0 Å². The molecule has 5 nitrogen and oxygen atoms in total. The molecule has 0 aliphatic carbocycles. The van der Waals surface area contributed by atoms with Crippen molar-refractivity contribution in [2.45, 2.75) is 6.18 Å². The fraction of sp³-hybridized carbons (Fsp3) is 0.0625. The van der Waals surface area contributed by atoms with Crippen LogP contribution in [0.5, 0.6) is 0 Å². The third kappa shape index (κ3) is 2.95. The van der Waals surface area contributed by atoms with Crippen LogP contribution in [0.2, 0.25) is 0 Å². The number of nitrogens with zero attached hydrogens (tertiary/aromatic N) is 2. The fourth-order valence-electron chi connectivity index (χ4n) is 2.33. The van der Waals surface area contributed by atoms with E-state index in [4.69, 9.17) is 5.11 Å². The largest absolute Gasteiger partial charge is 0.476 e. The third-order valence-electron chi connectivity index (χ3n) is 3.49. The van der Waals surface area contributed by atoms with Crippen LogP contribution in [-0.2, 0) is 6.18 Å². The van der Waals surface area contributed by atoms with E-state index in [0.717, 1.165) is 47.1 Å². The molecule has 0 bridgehead atoms. The summed E-state index contributed by atoms with van der Waals surface area (Å²) in [6.45, 7) is 0. The first-order valence-corrected chi connectivity index (χ1v) is 6.82. The Kier molecular flexibility index (Phi) is 3.78. The summed E-state index contributed by atoms with van der Waals surface area (Å²) in [4.78, 5) is 23.3. The fourth-order valence-corrected chi connectivity index (χ4v) is 2.33. The zero-order valence-electron chi connectivity index (χ0n) is 12.2. The maximum Gasteiger partial charge on any atom is 0.416 e. The van der Waals surface area contributed by atoms with E-state index in [0.29, 0.717) is 0 Å². The van der Waals surface area contributed by atoms with Gasteiger partial charge in [0.25, 0.3) is 0 Å². The number of carboxylic acid groups (broad SMARTS) is 1. The molecule has 0 saturated heterocycles. The van der Waals surface area contributed by atoms with Gasteiger partial charge >= 0.3 is 12.1 Å². The van der Waals surface area contributed by atoms with Crippen LogP contribution in [0, 0.1) is 5.82 Å². The van der Waals surface area contributed by atoms with E-state index in [9.17, 15) is 27.2 Å². The lowest BCUT2D eigenvalue weighted by atomic mass is 10.1. The quantitative estimate of drug-likeness (QED) is 0.719. The first-order valence-electron chi connectivity index (χ1n) is 6.82. The van der Waals surface area contributed by atoms with Crippen molar-refractivity contribution in [3.05, 3.63) is 69.8 Å². The molecular formula is C16H8F4N2O3. The summed E-state index contributed by atoms with van der Waals surface area (Å²) in [5.41, 5.74) is -2.66. The molecule has 128 valence electrons. The highest BCUT2D eigenvalue weighted by atomic mass is 19.4. The Morgan fingerprint density at radius 3 is 2.28 bits per heavy atom. The van der Waals surface area contributed by atoms with Gasteiger partial charge in [-0.15, -0.1) is 0 Å². The number of rotatable bonds is 2. The average molecular weight is 352 g/mol. The molecule has 2 aromatic carbocycles. The molecule has 1 aromatic heterocycles. The van der Waals surface area contributed by atoms with Gasteiger partial charge in [0.15, 0.2) is 0 Å². The lowest BCUT2D eigenvalue weighted by molar-refractivity contribution is -0.137. The monoisotopic (exact) mass is 352 g/mol. The third-order valence-corrected chi connectivity index (χ3v) is 3.49. The maximum atomic E-state index is 13.5. The van der Waals surface area contributed by atoms with Crippen LogP contribution in [0.25, 0.3) is 16.6 Å². The van der Waals surface area contributed by atoms with Crippen molar-refractivity contribution < 1.29 is 27.5 Å². The Hall–Kier alpha value is -3.23. The molecule has 0 aliphatic heterocycles. The molecule has 0 aliphatic rings. The SMILES string of the molecule is O=C(O)c1nn(-c2ccc(C(F)(F)F)cc2)c2cc(F)ccc2c1=O. The molecule has 1 heterocycles. The zero-order valence-corrected chi connectivity index (χ0v) is 12.2. The second kappa shape index (κ2) is 5.69. The molecule has 25 heavy (non-hydrogen) atoms. The second-order valence-electron chi connectivity index (χ2n) is 5.10. The summed E-state index contributed by atoms with van der Waals surface area (Å²) in [7, 11) is 0. The van der Waals surface area contributed by atoms with Gasteiger partial charge in [0.05, 0.1) is 22.2 Å². The average Bonchev–Trinajstić information content (AvgIpc) is 2.54. The van der Waals surface area contributed by atoms with Crippen molar-refractivity contribution in [1.29, 1.82) is 0 Å².